The third kappa shape index (κ3) is 7.32. The number of hydrogen-bond acceptors (Lipinski definition) is 4. The van der Waals surface area contributed by atoms with Crippen LogP contribution >= 0.6 is 9.24 Å². The summed E-state index contributed by atoms with van der Waals surface area (Å²) in [5.74, 6) is -0.297. The number of amides is 1. The molecule has 1 amide bonds. The lowest BCUT2D eigenvalue weighted by atomic mass is 10.0. The van der Waals surface area contributed by atoms with E-state index in [-0.39, 0.29) is 37.0 Å². The van der Waals surface area contributed by atoms with Gasteiger partial charge in [0.05, 0.1) is 17.7 Å². The Balaban J connectivity index is 2.31. The second-order valence-electron chi connectivity index (χ2n) is 7.72. The summed E-state index contributed by atoms with van der Waals surface area (Å²) in [6.45, 7) is 3.10. The second kappa shape index (κ2) is 10.7. The molecule has 31 heavy (non-hydrogen) atoms. The van der Waals surface area contributed by atoms with Gasteiger partial charge in [0, 0.05) is 32.0 Å². The van der Waals surface area contributed by atoms with E-state index in [9.17, 15) is 22.8 Å². The van der Waals surface area contributed by atoms with Crippen LogP contribution in [0.5, 0.6) is 0 Å². The van der Waals surface area contributed by atoms with Gasteiger partial charge in [-0.1, -0.05) is 21.4 Å². The lowest BCUT2D eigenvalue weighted by Crippen LogP contribution is -2.51. The van der Waals surface area contributed by atoms with Crippen molar-refractivity contribution in [2.24, 2.45) is 5.92 Å². The molecule has 1 aliphatic heterocycles. The Hall–Kier alpha value is -2.46. The molecule has 10 heteroatoms. The summed E-state index contributed by atoms with van der Waals surface area (Å²) >= 11 is 0. The summed E-state index contributed by atoms with van der Waals surface area (Å²) in [6, 6.07) is 3.35. The number of aryl methyl sites for hydroxylation is 1. The Morgan fingerprint density at radius 1 is 1.39 bits per heavy atom. The van der Waals surface area contributed by atoms with Crippen molar-refractivity contribution in [3.8, 4) is 6.07 Å². The van der Waals surface area contributed by atoms with E-state index in [4.69, 9.17) is 5.26 Å². The van der Waals surface area contributed by atoms with E-state index in [0.717, 1.165) is 0 Å². The number of alkyl halides is 3. The van der Waals surface area contributed by atoms with Crippen molar-refractivity contribution in [3.63, 3.8) is 0 Å². The first kappa shape index (κ1) is 24.8. The number of allylic oxidation sites excluding steroid dienone is 4. The van der Waals surface area contributed by atoms with E-state index in [0.29, 0.717) is 29.9 Å². The van der Waals surface area contributed by atoms with Crippen LogP contribution in [0, 0.1) is 17.2 Å². The van der Waals surface area contributed by atoms with Crippen LogP contribution in [0.4, 0.5) is 13.2 Å². The summed E-state index contributed by atoms with van der Waals surface area (Å²) in [5, 5.41) is 8.86. The fourth-order valence-electron chi connectivity index (χ4n) is 2.99. The molecule has 1 aromatic heterocycles. The van der Waals surface area contributed by atoms with Gasteiger partial charge >= 0.3 is 0 Å². The average molecular weight is 454 g/mol. The van der Waals surface area contributed by atoms with Crippen LogP contribution in [0.25, 0.3) is 5.57 Å². The monoisotopic (exact) mass is 454 g/mol. The van der Waals surface area contributed by atoms with Gasteiger partial charge in [0.15, 0.2) is 0 Å². The summed E-state index contributed by atoms with van der Waals surface area (Å²) in [7, 11) is 1.48. The molecule has 1 unspecified atom stereocenters. The van der Waals surface area contributed by atoms with Crippen molar-refractivity contribution in [2.75, 3.05) is 19.8 Å². The first-order valence-electron chi connectivity index (χ1n) is 9.89. The van der Waals surface area contributed by atoms with Crippen molar-refractivity contribution < 1.29 is 18.0 Å². The molecule has 0 bridgehead atoms. The van der Waals surface area contributed by atoms with Crippen LogP contribution in [0.15, 0.2) is 28.6 Å². The van der Waals surface area contributed by atoms with E-state index >= 15 is 0 Å². The molecule has 1 fully saturated rings. The fraction of sp³-hybridized carbons (Fsp3) is 0.524. The SMILES string of the molecule is C/C(=C\C=C(/C)c1cc(=O)n(CC(=O)N2CC(C#N)C2)c(CCCC(F)(F)P)n1)CF. The molecular formula is C21H26F3N4O2P. The first-order valence-corrected chi connectivity index (χ1v) is 10.5. The van der Waals surface area contributed by atoms with Gasteiger partial charge in [-0.2, -0.15) is 5.26 Å². The highest BCUT2D eigenvalue weighted by atomic mass is 31.0. The van der Waals surface area contributed by atoms with Crippen LogP contribution < -0.4 is 5.56 Å². The number of nitrogens with zero attached hydrogens (tertiary/aromatic N) is 4. The molecule has 0 N–H and O–H groups in total. The molecule has 1 aliphatic rings. The molecule has 0 spiro atoms. The smallest absolute Gasteiger partial charge is 0.259 e. The van der Waals surface area contributed by atoms with Gasteiger partial charge in [0.2, 0.25) is 5.91 Å². The summed E-state index contributed by atoms with van der Waals surface area (Å²) in [4.78, 5) is 31.1. The first-order chi connectivity index (χ1) is 14.5. The van der Waals surface area contributed by atoms with Gasteiger partial charge in [0.1, 0.15) is 19.0 Å². The maximum absolute atomic E-state index is 13.2. The number of halogens is 3. The Bertz CT molecular complexity index is 970. The van der Waals surface area contributed by atoms with Crippen LogP contribution in [-0.4, -0.2) is 45.8 Å². The van der Waals surface area contributed by atoms with Crippen molar-refractivity contribution in [1.82, 2.24) is 14.5 Å². The molecule has 168 valence electrons. The molecule has 2 heterocycles. The topological polar surface area (TPSA) is 79.0 Å². The normalized spacial score (nSPS) is 15.6. The molecule has 0 radical (unpaired) electrons. The van der Waals surface area contributed by atoms with Gasteiger partial charge in [0.25, 0.3) is 11.2 Å². The summed E-state index contributed by atoms with van der Waals surface area (Å²) in [6.07, 6.45) is 2.97. The van der Waals surface area contributed by atoms with Crippen LogP contribution in [0.1, 0.15) is 38.2 Å². The van der Waals surface area contributed by atoms with Gasteiger partial charge in [-0.3, -0.25) is 14.2 Å². The van der Waals surface area contributed by atoms with E-state index < -0.39 is 24.3 Å². The van der Waals surface area contributed by atoms with Crippen molar-refractivity contribution in [2.45, 2.75) is 45.3 Å². The number of rotatable bonds is 9. The molecule has 0 aliphatic carbocycles. The van der Waals surface area contributed by atoms with Crippen molar-refractivity contribution in [3.05, 3.63) is 45.7 Å². The highest BCUT2D eigenvalue weighted by Gasteiger charge is 2.31. The zero-order valence-electron chi connectivity index (χ0n) is 17.6. The minimum atomic E-state index is -2.92. The second-order valence-corrected chi connectivity index (χ2v) is 8.56. The highest BCUT2D eigenvalue weighted by molar-refractivity contribution is 7.18. The van der Waals surface area contributed by atoms with Gasteiger partial charge in [-0.15, -0.1) is 0 Å². The fourth-order valence-corrected chi connectivity index (χ4v) is 3.20. The molecule has 0 aromatic carbocycles. The molecule has 6 nitrogen and oxygen atoms in total. The zero-order chi connectivity index (χ0) is 23.2. The number of likely N-dealkylation sites (tertiary alicyclic amines) is 1. The van der Waals surface area contributed by atoms with Crippen LogP contribution in [-0.2, 0) is 17.8 Å². The Kier molecular flexibility index (Phi) is 8.58. The Morgan fingerprint density at radius 2 is 2.06 bits per heavy atom. The van der Waals surface area contributed by atoms with Crippen molar-refractivity contribution >= 4 is 20.7 Å². The van der Waals surface area contributed by atoms with Gasteiger partial charge < -0.3 is 4.90 Å². The van der Waals surface area contributed by atoms with E-state index in [2.05, 4.69) is 11.1 Å². The van der Waals surface area contributed by atoms with E-state index in [1.54, 1.807) is 26.0 Å². The quantitative estimate of drug-likeness (QED) is 0.424. The number of nitriles is 1. The minimum absolute atomic E-state index is 0.0738. The standard InChI is InChI=1S/C21H26F3N4O2P/c1-14(9-22)5-6-15(2)17-8-19(29)28(13-20(30)27-11-16(10-25)12-27)18(26-17)4-3-7-21(23,24)31/h5-6,8,16H,3-4,7,9,11-13,31H2,1-2H3/b14-5+,15-6+. The third-order valence-corrected chi connectivity index (χ3v) is 5.23. The third-order valence-electron chi connectivity index (χ3n) is 4.94. The number of aromatic nitrogens is 2. The van der Waals surface area contributed by atoms with Gasteiger partial charge in [-0.05, 0) is 31.4 Å². The lowest BCUT2D eigenvalue weighted by molar-refractivity contribution is -0.137. The maximum atomic E-state index is 13.2. The lowest BCUT2D eigenvalue weighted by Gasteiger charge is -2.35. The van der Waals surface area contributed by atoms with E-state index in [1.807, 2.05) is 0 Å². The molecule has 1 saturated heterocycles. The average Bonchev–Trinajstić information content (AvgIpc) is 2.66. The summed E-state index contributed by atoms with van der Waals surface area (Å²) < 4.78 is 40.2. The van der Waals surface area contributed by atoms with Crippen LogP contribution in [0.2, 0.25) is 0 Å². The van der Waals surface area contributed by atoms with Crippen molar-refractivity contribution in [1.29, 1.82) is 5.26 Å². The highest BCUT2D eigenvalue weighted by Crippen LogP contribution is 2.28. The zero-order valence-corrected chi connectivity index (χ0v) is 18.7. The number of carbonyl (C=O) groups is 1. The molecule has 1 aromatic rings. The maximum Gasteiger partial charge on any atom is 0.259 e. The summed E-state index contributed by atoms with van der Waals surface area (Å²) in [5.41, 5.74) is -1.93. The largest absolute Gasteiger partial charge is 0.338 e. The minimum Gasteiger partial charge on any atom is -0.338 e. The number of hydrogen-bond donors (Lipinski definition) is 0. The van der Waals surface area contributed by atoms with E-state index in [1.165, 1.54) is 24.8 Å². The predicted molar refractivity (Wildman–Crippen MR) is 115 cm³/mol. The Labute approximate surface area is 181 Å². The van der Waals surface area contributed by atoms with Gasteiger partial charge in [-0.25, -0.2) is 18.2 Å². The Morgan fingerprint density at radius 3 is 2.65 bits per heavy atom. The number of carbonyl (C=O) groups excluding carboxylic acids is 1. The molecule has 0 saturated carbocycles. The molecule has 1 atom stereocenters. The predicted octanol–water partition coefficient (Wildman–Crippen LogP) is 3.33. The molecule has 2 rings (SSSR count). The van der Waals surface area contributed by atoms with Crippen LogP contribution in [0.3, 0.4) is 0 Å². The molecular weight excluding hydrogens is 428 g/mol.